The monoisotopic (exact) mass is 388 g/mol. The zero-order chi connectivity index (χ0) is 20.9. The normalized spacial score (nSPS) is 11.8. The predicted octanol–water partition coefficient (Wildman–Crippen LogP) is 5.16. The lowest BCUT2D eigenvalue weighted by atomic mass is 10.1. The second-order valence-electron chi connectivity index (χ2n) is 8.30. The van der Waals surface area contributed by atoms with Crippen LogP contribution in [0.2, 0.25) is 0 Å². The molecule has 6 heteroatoms. The topological polar surface area (TPSA) is 63.2 Å². The third kappa shape index (κ3) is 7.48. The van der Waals surface area contributed by atoms with Crippen LogP contribution in [0.25, 0.3) is 10.8 Å². The van der Waals surface area contributed by atoms with Gasteiger partial charge >= 0.3 is 11.9 Å². The molecule has 2 aromatic rings. The number of fused-ring (bicyclic) bond motifs is 1. The molecule has 0 amide bonds. The van der Waals surface area contributed by atoms with Crippen molar-refractivity contribution < 1.29 is 28.8 Å². The number of ether oxygens (including phenoxy) is 3. The molecule has 28 heavy (non-hydrogen) atoms. The summed E-state index contributed by atoms with van der Waals surface area (Å²) in [6.07, 6.45) is 0. The molecule has 0 radical (unpaired) electrons. The summed E-state index contributed by atoms with van der Waals surface area (Å²) in [7, 11) is 0. The van der Waals surface area contributed by atoms with Crippen molar-refractivity contribution in [3.63, 3.8) is 0 Å². The predicted molar refractivity (Wildman–Crippen MR) is 107 cm³/mol. The van der Waals surface area contributed by atoms with Crippen LogP contribution in [0.4, 0.5) is 0 Å². The molecule has 0 heterocycles. The van der Waals surface area contributed by atoms with Gasteiger partial charge in [-0.2, -0.15) is 4.89 Å². The number of carbonyl (C=O) groups excluding carboxylic acids is 1. The standard InChI is InChI=1S/C22H28O6/c1-15(27-28-22(5,6)7)25-19-11-9-16-12-18(10-8-17(16)13-19)24-14-20(23)26-21(2,3)4/h8-13H,1,14H2,2-7H3. The fourth-order valence-corrected chi connectivity index (χ4v) is 2.19. The molecule has 152 valence electrons. The van der Waals surface area contributed by atoms with Gasteiger partial charge in [0.25, 0.3) is 0 Å². The Labute approximate surface area is 165 Å². The number of hydrogen-bond acceptors (Lipinski definition) is 6. The summed E-state index contributed by atoms with van der Waals surface area (Å²) >= 11 is 0. The molecular formula is C22H28O6. The number of benzene rings is 2. The largest absolute Gasteiger partial charge is 0.482 e. The van der Waals surface area contributed by atoms with Crippen LogP contribution in [0, 0.1) is 0 Å². The summed E-state index contributed by atoms with van der Waals surface area (Å²) in [5, 5.41) is 1.87. The van der Waals surface area contributed by atoms with Crippen molar-refractivity contribution in [3.8, 4) is 11.5 Å². The highest BCUT2D eigenvalue weighted by atomic mass is 17.2. The van der Waals surface area contributed by atoms with E-state index >= 15 is 0 Å². The first-order valence-corrected chi connectivity index (χ1v) is 9.02. The zero-order valence-electron chi connectivity index (χ0n) is 17.3. The second kappa shape index (κ2) is 8.52. The Balaban J connectivity index is 1.98. The van der Waals surface area contributed by atoms with Gasteiger partial charge in [0, 0.05) is 0 Å². The second-order valence-corrected chi connectivity index (χ2v) is 8.30. The van der Waals surface area contributed by atoms with Gasteiger partial charge in [0.05, 0.1) is 0 Å². The highest BCUT2D eigenvalue weighted by molar-refractivity contribution is 5.85. The van der Waals surface area contributed by atoms with Gasteiger partial charge in [0.2, 0.25) is 0 Å². The SMILES string of the molecule is C=C(OOC(C)(C)C)Oc1ccc2cc(OCC(=O)OC(C)(C)C)ccc2c1. The molecule has 0 unspecified atom stereocenters. The van der Waals surface area contributed by atoms with E-state index in [9.17, 15) is 4.79 Å². The molecule has 0 aromatic heterocycles. The summed E-state index contributed by atoms with van der Waals surface area (Å²) in [4.78, 5) is 22.0. The maximum Gasteiger partial charge on any atom is 0.344 e. The van der Waals surface area contributed by atoms with Crippen molar-refractivity contribution >= 4 is 16.7 Å². The maximum atomic E-state index is 11.8. The molecular weight excluding hydrogens is 360 g/mol. The summed E-state index contributed by atoms with van der Waals surface area (Å²) in [5.74, 6) is 0.787. The van der Waals surface area contributed by atoms with E-state index < -0.39 is 17.2 Å². The first kappa shape index (κ1) is 21.6. The lowest BCUT2D eigenvalue weighted by Gasteiger charge is -2.19. The third-order valence-electron chi connectivity index (χ3n) is 3.18. The van der Waals surface area contributed by atoms with Gasteiger partial charge in [-0.3, -0.25) is 4.89 Å². The minimum absolute atomic E-state index is 0.0478. The van der Waals surface area contributed by atoms with E-state index in [0.29, 0.717) is 11.5 Å². The van der Waals surface area contributed by atoms with E-state index in [-0.39, 0.29) is 12.6 Å². The number of carbonyl (C=O) groups is 1. The molecule has 0 aliphatic rings. The van der Waals surface area contributed by atoms with Gasteiger partial charge in [0.1, 0.15) is 22.7 Å². The van der Waals surface area contributed by atoms with Gasteiger partial charge in [-0.25, -0.2) is 4.79 Å². The molecule has 2 rings (SSSR count). The molecule has 0 bridgehead atoms. The van der Waals surface area contributed by atoms with Crippen LogP contribution in [-0.2, 0) is 19.3 Å². The Kier molecular flexibility index (Phi) is 6.56. The highest BCUT2D eigenvalue weighted by Crippen LogP contribution is 2.26. The first-order valence-electron chi connectivity index (χ1n) is 9.02. The highest BCUT2D eigenvalue weighted by Gasteiger charge is 2.17. The Morgan fingerprint density at radius 2 is 1.46 bits per heavy atom. The summed E-state index contributed by atoms with van der Waals surface area (Å²) in [5.41, 5.74) is -1.00. The molecule has 0 saturated carbocycles. The molecule has 6 nitrogen and oxygen atoms in total. The molecule has 2 aromatic carbocycles. The Hall–Kier alpha value is -2.73. The van der Waals surface area contributed by atoms with E-state index in [0.717, 1.165) is 10.8 Å². The van der Waals surface area contributed by atoms with Gasteiger partial charge in [0.15, 0.2) is 6.61 Å². The van der Waals surface area contributed by atoms with Gasteiger partial charge < -0.3 is 14.2 Å². The van der Waals surface area contributed by atoms with E-state index in [2.05, 4.69) is 6.58 Å². The van der Waals surface area contributed by atoms with Crippen molar-refractivity contribution in [2.24, 2.45) is 0 Å². The van der Waals surface area contributed by atoms with Crippen molar-refractivity contribution in [1.29, 1.82) is 0 Å². The molecule has 0 aliphatic carbocycles. The number of hydrogen-bond donors (Lipinski definition) is 0. The summed E-state index contributed by atoms with van der Waals surface area (Å²) in [6, 6.07) is 11.0. The van der Waals surface area contributed by atoms with Crippen LogP contribution in [0.3, 0.4) is 0 Å². The van der Waals surface area contributed by atoms with Crippen LogP contribution in [0.15, 0.2) is 48.9 Å². The number of rotatable bonds is 7. The first-order chi connectivity index (χ1) is 12.9. The Morgan fingerprint density at radius 3 is 2.04 bits per heavy atom. The van der Waals surface area contributed by atoms with Crippen molar-refractivity contribution in [2.75, 3.05) is 6.61 Å². The van der Waals surface area contributed by atoms with E-state index in [1.807, 2.05) is 65.8 Å². The minimum atomic E-state index is -0.536. The average Bonchev–Trinajstić information content (AvgIpc) is 2.56. The van der Waals surface area contributed by atoms with Crippen LogP contribution in [0.1, 0.15) is 41.5 Å². The fourth-order valence-electron chi connectivity index (χ4n) is 2.19. The third-order valence-corrected chi connectivity index (χ3v) is 3.18. The molecule has 0 N–H and O–H groups in total. The fraction of sp³-hybridized carbons (Fsp3) is 0.409. The Bertz CT molecular complexity index is 842. The van der Waals surface area contributed by atoms with E-state index in [4.69, 9.17) is 24.0 Å². The van der Waals surface area contributed by atoms with Gasteiger partial charge in [-0.1, -0.05) is 12.1 Å². The van der Waals surface area contributed by atoms with Crippen molar-refractivity contribution in [1.82, 2.24) is 0 Å². The lowest BCUT2D eigenvalue weighted by Crippen LogP contribution is -2.27. The van der Waals surface area contributed by atoms with E-state index in [1.165, 1.54) is 0 Å². The number of esters is 1. The van der Waals surface area contributed by atoms with E-state index in [1.54, 1.807) is 12.1 Å². The molecule has 0 fully saturated rings. The van der Waals surface area contributed by atoms with Crippen LogP contribution < -0.4 is 9.47 Å². The molecule has 0 spiro atoms. The smallest absolute Gasteiger partial charge is 0.344 e. The van der Waals surface area contributed by atoms with Crippen LogP contribution >= 0.6 is 0 Å². The minimum Gasteiger partial charge on any atom is -0.482 e. The maximum absolute atomic E-state index is 11.8. The summed E-state index contributed by atoms with van der Waals surface area (Å²) < 4.78 is 16.3. The van der Waals surface area contributed by atoms with Crippen molar-refractivity contribution in [3.05, 3.63) is 48.9 Å². The Morgan fingerprint density at radius 1 is 0.893 bits per heavy atom. The quantitative estimate of drug-likeness (QED) is 0.283. The summed E-state index contributed by atoms with van der Waals surface area (Å²) in [6.45, 7) is 14.6. The molecule has 0 saturated heterocycles. The van der Waals surface area contributed by atoms with Crippen LogP contribution in [0.5, 0.6) is 11.5 Å². The molecule has 0 atom stereocenters. The zero-order valence-corrected chi connectivity index (χ0v) is 17.3. The van der Waals surface area contributed by atoms with Gasteiger partial charge in [-0.15, -0.1) is 0 Å². The molecule has 0 aliphatic heterocycles. The van der Waals surface area contributed by atoms with Gasteiger partial charge in [-0.05, 0) is 83.2 Å². The van der Waals surface area contributed by atoms with Crippen molar-refractivity contribution in [2.45, 2.75) is 52.7 Å². The van der Waals surface area contributed by atoms with Crippen LogP contribution in [-0.4, -0.2) is 23.8 Å². The lowest BCUT2D eigenvalue weighted by molar-refractivity contribution is -0.337. The average molecular weight is 388 g/mol.